The van der Waals surface area contributed by atoms with Crippen LogP contribution in [-0.2, 0) is 27.6 Å². The summed E-state index contributed by atoms with van der Waals surface area (Å²) in [6, 6.07) is 17.1. The van der Waals surface area contributed by atoms with Gasteiger partial charge in [0.05, 0.1) is 17.5 Å². The first-order valence-electron chi connectivity index (χ1n) is 9.44. The first-order valence-corrected chi connectivity index (χ1v) is 12.5. The van der Waals surface area contributed by atoms with E-state index in [1.54, 1.807) is 0 Å². The van der Waals surface area contributed by atoms with Crippen molar-refractivity contribution in [2.75, 3.05) is 11.5 Å². The number of amides is 1. The molecule has 8 heteroatoms. The number of rotatable bonds is 5. The number of amidine groups is 1. The van der Waals surface area contributed by atoms with Crippen LogP contribution in [0.3, 0.4) is 0 Å². The molecule has 2 aliphatic rings. The molecule has 2 heterocycles. The number of carbonyl (C=O) groups is 1. The van der Waals surface area contributed by atoms with Gasteiger partial charge in [0.15, 0.2) is 15.0 Å². The number of sulfone groups is 1. The molecule has 2 aliphatic heterocycles. The van der Waals surface area contributed by atoms with Crippen molar-refractivity contribution in [3.8, 4) is 0 Å². The van der Waals surface area contributed by atoms with Gasteiger partial charge in [0.25, 0.3) is 0 Å². The molecule has 0 N–H and O–H groups in total. The van der Waals surface area contributed by atoms with Gasteiger partial charge in [-0.15, -0.1) is 0 Å². The second-order valence-electron chi connectivity index (χ2n) is 7.29. The molecule has 4 rings (SSSR count). The molecule has 0 aromatic heterocycles. The van der Waals surface area contributed by atoms with Crippen LogP contribution in [0.4, 0.5) is 0 Å². The summed E-state index contributed by atoms with van der Waals surface area (Å²) in [5.41, 5.74) is 1.99. The van der Waals surface area contributed by atoms with Crippen LogP contribution in [0.1, 0.15) is 17.5 Å². The second kappa shape index (κ2) is 8.50. The molecule has 2 unspecified atom stereocenters. The van der Waals surface area contributed by atoms with E-state index in [1.807, 2.05) is 59.5 Å². The smallest absolute Gasteiger partial charge is 0.248 e. The maximum Gasteiger partial charge on any atom is 0.248 e. The van der Waals surface area contributed by atoms with Crippen molar-refractivity contribution in [2.45, 2.75) is 30.7 Å². The number of nitrogens with zero attached hydrogens (tertiary/aromatic N) is 2. The Morgan fingerprint density at radius 3 is 2.59 bits per heavy atom. The standard InChI is InChI=1S/C21H21ClN2O3S2/c22-17-9-5-4-8-16(17)12-24-18-13-29(26,27)14-19(18)28-21(24)23-20(25)11-10-15-6-2-1-3-7-15/h1-9,18-19H,10-14H2. The molecule has 29 heavy (non-hydrogen) atoms. The zero-order chi connectivity index (χ0) is 20.4. The van der Waals surface area contributed by atoms with Gasteiger partial charge >= 0.3 is 0 Å². The number of hydrogen-bond acceptors (Lipinski definition) is 4. The van der Waals surface area contributed by atoms with Crippen molar-refractivity contribution in [3.63, 3.8) is 0 Å². The van der Waals surface area contributed by atoms with Gasteiger partial charge < -0.3 is 4.90 Å². The third kappa shape index (κ3) is 4.85. The Balaban J connectivity index is 1.53. The van der Waals surface area contributed by atoms with E-state index in [1.165, 1.54) is 11.8 Å². The molecule has 2 saturated heterocycles. The molecular formula is C21H21ClN2O3S2. The SMILES string of the molecule is O=C(CCc1ccccc1)N=C1SC2CS(=O)(=O)CC2N1Cc1ccccc1Cl. The molecule has 0 bridgehead atoms. The molecule has 0 radical (unpaired) electrons. The Hall–Kier alpha value is -1.83. The molecule has 1 amide bonds. The fraction of sp³-hybridized carbons (Fsp3) is 0.333. The van der Waals surface area contributed by atoms with E-state index in [-0.39, 0.29) is 28.7 Å². The van der Waals surface area contributed by atoms with Gasteiger partial charge in [0, 0.05) is 23.2 Å². The van der Waals surface area contributed by atoms with Crippen LogP contribution in [0.5, 0.6) is 0 Å². The summed E-state index contributed by atoms with van der Waals surface area (Å²) in [6.07, 6.45) is 0.953. The lowest BCUT2D eigenvalue weighted by molar-refractivity contribution is -0.117. The Kier molecular flexibility index (Phi) is 5.99. The summed E-state index contributed by atoms with van der Waals surface area (Å²) in [5.74, 6) is 0.0219. The third-order valence-corrected chi connectivity index (χ3v) is 8.78. The van der Waals surface area contributed by atoms with Crippen molar-refractivity contribution < 1.29 is 13.2 Å². The molecule has 152 valence electrons. The Morgan fingerprint density at radius 1 is 1.10 bits per heavy atom. The molecule has 2 aromatic carbocycles. The highest BCUT2D eigenvalue weighted by atomic mass is 35.5. The van der Waals surface area contributed by atoms with E-state index in [0.717, 1.165) is 11.1 Å². The number of halogens is 1. The van der Waals surface area contributed by atoms with Crippen molar-refractivity contribution >= 4 is 44.3 Å². The zero-order valence-corrected chi connectivity index (χ0v) is 18.1. The highest BCUT2D eigenvalue weighted by molar-refractivity contribution is 8.15. The predicted octanol–water partition coefficient (Wildman–Crippen LogP) is 3.57. The van der Waals surface area contributed by atoms with Gasteiger partial charge in [-0.05, 0) is 23.6 Å². The molecule has 2 atom stereocenters. The number of benzene rings is 2. The molecule has 0 saturated carbocycles. The normalized spacial score (nSPS) is 24.0. The molecule has 0 aliphatic carbocycles. The minimum atomic E-state index is -3.07. The number of fused-ring (bicyclic) bond motifs is 1. The summed E-state index contributed by atoms with van der Waals surface area (Å²) in [6.45, 7) is 0.439. The van der Waals surface area contributed by atoms with Gasteiger partial charge in [-0.3, -0.25) is 4.79 Å². The fourth-order valence-corrected chi connectivity index (χ4v) is 7.85. The summed E-state index contributed by atoms with van der Waals surface area (Å²) >= 11 is 7.71. The number of aliphatic imine (C=N–C) groups is 1. The van der Waals surface area contributed by atoms with E-state index in [9.17, 15) is 13.2 Å². The summed E-state index contributed by atoms with van der Waals surface area (Å²) in [5, 5.41) is 1.13. The maximum atomic E-state index is 12.5. The highest BCUT2D eigenvalue weighted by Gasteiger charge is 2.48. The number of carbonyl (C=O) groups excluding carboxylic acids is 1. The molecule has 2 fully saturated rings. The van der Waals surface area contributed by atoms with E-state index in [0.29, 0.717) is 29.6 Å². The van der Waals surface area contributed by atoms with Crippen LogP contribution in [0.15, 0.2) is 59.6 Å². The van der Waals surface area contributed by atoms with Crippen LogP contribution in [0.25, 0.3) is 0 Å². The van der Waals surface area contributed by atoms with E-state index < -0.39 is 9.84 Å². The van der Waals surface area contributed by atoms with Crippen molar-refractivity contribution in [1.29, 1.82) is 0 Å². The first kappa shape index (κ1) is 20.4. The van der Waals surface area contributed by atoms with Gasteiger partial charge in [-0.1, -0.05) is 71.9 Å². The van der Waals surface area contributed by atoms with Gasteiger partial charge in [0.1, 0.15) is 0 Å². The highest BCUT2D eigenvalue weighted by Crippen LogP contribution is 2.39. The van der Waals surface area contributed by atoms with Gasteiger partial charge in [0.2, 0.25) is 5.91 Å². The Morgan fingerprint density at radius 2 is 1.83 bits per heavy atom. The monoisotopic (exact) mass is 448 g/mol. The molecule has 2 aromatic rings. The number of thioether (sulfide) groups is 1. The van der Waals surface area contributed by atoms with Crippen LogP contribution in [0.2, 0.25) is 5.02 Å². The maximum absolute atomic E-state index is 12.5. The Bertz CT molecular complexity index is 1040. The lowest BCUT2D eigenvalue weighted by Crippen LogP contribution is -2.37. The van der Waals surface area contributed by atoms with Crippen LogP contribution < -0.4 is 0 Å². The number of hydrogen-bond donors (Lipinski definition) is 0. The Labute approximate surface area is 180 Å². The third-order valence-electron chi connectivity index (χ3n) is 5.16. The topological polar surface area (TPSA) is 66.8 Å². The van der Waals surface area contributed by atoms with E-state index in [4.69, 9.17) is 11.6 Å². The van der Waals surface area contributed by atoms with Crippen molar-refractivity contribution in [2.24, 2.45) is 4.99 Å². The minimum Gasteiger partial charge on any atom is -0.342 e. The fourth-order valence-electron chi connectivity index (χ4n) is 3.69. The molecular weight excluding hydrogens is 428 g/mol. The first-order chi connectivity index (χ1) is 13.9. The predicted molar refractivity (Wildman–Crippen MR) is 118 cm³/mol. The second-order valence-corrected chi connectivity index (χ2v) is 11.1. The van der Waals surface area contributed by atoms with E-state index >= 15 is 0 Å². The quantitative estimate of drug-likeness (QED) is 0.699. The molecule has 5 nitrogen and oxygen atoms in total. The lowest BCUT2D eigenvalue weighted by Gasteiger charge is -2.25. The summed E-state index contributed by atoms with van der Waals surface area (Å²) < 4.78 is 24.2. The summed E-state index contributed by atoms with van der Waals surface area (Å²) in [4.78, 5) is 18.8. The number of aryl methyl sites for hydroxylation is 1. The van der Waals surface area contributed by atoms with Crippen LogP contribution in [0, 0.1) is 0 Å². The minimum absolute atomic E-state index is 0.0896. The van der Waals surface area contributed by atoms with E-state index in [2.05, 4.69) is 4.99 Å². The van der Waals surface area contributed by atoms with Gasteiger partial charge in [-0.25, -0.2) is 8.42 Å². The van der Waals surface area contributed by atoms with Crippen LogP contribution in [-0.4, -0.2) is 47.2 Å². The average molecular weight is 449 g/mol. The summed E-state index contributed by atoms with van der Waals surface area (Å²) in [7, 11) is -3.07. The van der Waals surface area contributed by atoms with Crippen molar-refractivity contribution in [1.82, 2.24) is 4.90 Å². The largest absolute Gasteiger partial charge is 0.342 e. The molecule has 0 spiro atoms. The van der Waals surface area contributed by atoms with Crippen LogP contribution >= 0.6 is 23.4 Å². The van der Waals surface area contributed by atoms with Crippen molar-refractivity contribution in [3.05, 3.63) is 70.7 Å². The lowest BCUT2D eigenvalue weighted by atomic mass is 10.1. The van der Waals surface area contributed by atoms with Gasteiger partial charge in [-0.2, -0.15) is 4.99 Å². The zero-order valence-electron chi connectivity index (χ0n) is 15.7. The average Bonchev–Trinajstić information content (AvgIpc) is 3.14.